The molecule has 0 amide bonds. The highest BCUT2D eigenvalue weighted by atomic mass is 35.5. The number of hydrogen-bond acceptors (Lipinski definition) is 2. The second-order valence-corrected chi connectivity index (χ2v) is 4.53. The van der Waals surface area contributed by atoms with Crippen LogP contribution in [0.15, 0.2) is 18.2 Å². The van der Waals surface area contributed by atoms with E-state index in [0.29, 0.717) is 0 Å². The molecule has 0 aliphatic carbocycles. The maximum Gasteiger partial charge on any atom is 0.109 e. The molecule has 0 saturated heterocycles. The second-order valence-electron chi connectivity index (χ2n) is 4.13. The highest BCUT2D eigenvalue weighted by Gasteiger charge is 2.11. The van der Waals surface area contributed by atoms with E-state index in [1.807, 2.05) is 18.2 Å². The Morgan fingerprint density at radius 1 is 1.35 bits per heavy atom. The second kappa shape index (κ2) is 5.52. The van der Waals surface area contributed by atoms with Crippen molar-refractivity contribution >= 4 is 22.6 Å². The number of fused-ring (bicyclic) bond motifs is 1. The zero-order valence-electron chi connectivity index (χ0n) is 10.1. The zero-order chi connectivity index (χ0) is 12.3. The number of rotatable bonds is 5. The van der Waals surface area contributed by atoms with E-state index in [2.05, 4.69) is 16.5 Å². The smallest absolute Gasteiger partial charge is 0.109 e. The lowest BCUT2D eigenvalue weighted by Crippen LogP contribution is -2.04. The number of aryl methyl sites for hydroxylation is 2. The molecule has 17 heavy (non-hydrogen) atoms. The third kappa shape index (κ3) is 2.45. The third-order valence-electron chi connectivity index (χ3n) is 2.97. The molecule has 0 fully saturated rings. The van der Waals surface area contributed by atoms with Gasteiger partial charge in [0.1, 0.15) is 5.82 Å². The van der Waals surface area contributed by atoms with E-state index >= 15 is 0 Å². The van der Waals surface area contributed by atoms with Gasteiger partial charge in [0.25, 0.3) is 0 Å². The molecule has 0 radical (unpaired) electrons. The maximum absolute atomic E-state index is 6.23. The number of imidazole rings is 1. The van der Waals surface area contributed by atoms with Gasteiger partial charge in [0, 0.05) is 13.0 Å². The van der Waals surface area contributed by atoms with Crippen molar-refractivity contribution < 1.29 is 0 Å². The molecule has 0 atom stereocenters. The highest BCUT2D eigenvalue weighted by Crippen LogP contribution is 2.25. The van der Waals surface area contributed by atoms with E-state index in [0.717, 1.165) is 54.2 Å². The average molecular weight is 252 g/mol. The van der Waals surface area contributed by atoms with Crippen LogP contribution in [0.2, 0.25) is 5.02 Å². The Kier molecular flexibility index (Phi) is 4.02. The van der Waals surface area contributed by atoms with Crippen LogP contribution in [0.25, 0.3) is 11.0 Å². The lowest BCUT2D eigenvalue weighted by atomic mass is 10.2. The lowest BCUT2D eigenvalue weighted by molar-refractivity contribution is 0.661. The number of halogens is 1. The van der Waals surface area contributed by atoms with E-state index in [1.54, 1.807) is 0 Å². The van der Waals surface area contributed by atoms with Gasteiger partial charge in [-0.1, -0.05) is 17.7 Å². The molecule has 0 aliphatic heterocycles. The molecule has 2 aromatic rings. The molecule has 1 heterocycles. The molecular formula is C13H18ClN3. The molecule has 92 valence electrons. The van der Waals surface area contributed by atoms with Gasteiger partial charge >= 0.3 is 0 Å². The fraction of sp³-hybridized carbons (Fsp3) is 0.462. The van der Waals surface area contributed by atoms with Crippen LogP contribution in [0.4, 0.5) is 0 Å². The Hall–Kier alpha value is -1.06. The molecule has 2 rings (SSSR count). The van der Waals surface area contributed by atoms with E-state index in [4.69, 9.17) is 17.3 Å². The summed E-state index contributed by atoms with van der Waals surface area (Å²) in [6.07, 6.45) is 3.09. The minimum atomic E-state index is 0.743. The first kappa shape index (κ1) is 12.4. The molecule has 2 N–H and O–H groups in total. The number of aromatic nitrogens is 2. The van der Waals surface area contributed by atoms with Crippen LogP contribution in [0, 0.1) is 0 Å². The van der Waals surface area contributed by atoms with Gasteiger partial charge in [-0.3, -0.25) is 0 Å². The van der Waals surface area contributed by atoms with E-state index in [9.17, 15) is 0 Å². The summed E-state index contributed by atoms with van der Waals surface area (Å²) in [7, 11) is 0. The molecule has 3 nitrogen and oxygen atoms in total. The fourth-order valence-corrected chi connectivity index (χ4v) is 2.42. The minimum Gasteiger partial charge on any atom is -0.330 e. The van der Waals surface area contributed by atoms with Crippen molar-refractivity contribution in [3.05, 3.63) is 29.0 Å². The largest absolute Gasteiger partial charge is 0.330 e. The van der Waals surface area contributed by atoms with E-state index in [-0.39, 0.29) is 0 Å². The molecule has 1 aromatic heterocycles. The number of para-hydroxylation sites is 1. The Balaban J connectivity index is 2.38. The predicted molar refractivity (Wildman–Crippen MR) is 72.4 cm³/mol. The van der Waals surface area contributed by atoms with Crippen LogP contribution in [0.1, 0.15) is 25.6 Å². The summed E-state index contributed by atoms with van der Waals surface area (Å²) >= 11 is 6.23. The van der Waals surface area contributed by atoms with Gasteiger partial charge < -0.3 is 10.3 Å². The monoisotopic (exact) mass is 251 g/mol. The summed E-state index contributed by atoms with van der Waals surface area (Å²) in [4.78, 5) is 4.65. The minimum absolute atomic E-state index is 0.743. The normalized spacial score (nSPS) is 11.2. The molecule has 0 bridgehead atoms. The first-order valence-electron chi connectivity index (χ1n) is 6.11. The standard InChI is InChI=1S/C13H18ClN3/c1-2-17-12(8-3-4-9-15)16-11-7-5-6-10(14)13(11)17/h5-7H,2-4,8-9,15H2,1H3. The van der Waals surface area contributed by atoms with Gasteiger partial charge in [-0.15, -0.1) is 0 Å². The lowest BCUT2D eigenvalue weighted by Gasteiger charge is -2.06. The zero-order valence-corrected chi connectivity index (χ0v) is 10.9. The number of nitrogens with two attached hydrogens (primary N) is 1. The van der Waals surface area contributed by atoms with Crippen LogP contribution in [-0.4, -0.2) is 16.1 Å². The summed E-state index contributed by atoms with van der Waals surface area (Å²) < 4.78 is 2.20. The maximum atomic E-state index is 6.23. The van der Waals surface area contributed by atoms with Gasteiger partial charge in [-0.2, -0.15) is 0 Å². The quantitative estimate of drug-likeness (QED) is 0.831. The van der Waals surface area contributed by atoms with Crippen molar-refractivity contribution in [1.82, 2.24) is 9.55 Å². The Morgan fingerprint density at radius 3 is 2.88 bits per heavy atom. The predicted octanol–water partition coefficient (Wildman–Crippen LogP) is 2.99. The summed E-state index contributed by atoms with van der Waals surface area (Å²) in [6, 6.07) is 5.88. The first-order chi connectivity index (χ1) is 8.27. The molecule has 0 aliphatic rings. The van der Waals surface area contributed by atoms with Crippen molar-refractivity contribution in [1.29, 1.82) is 0 Å². The number of nitrogens with zero attached hydrogens (tertiary/aromatic N) is 2. The van der Waals surface area contributed by atoms with Crippen molar-refractivity contribution in [3.63, 3.8) is 0 Å². The molecule has 1 aromatic carbocycles. The van der Waals surface area contributed by atoms with Gasteiger partial charge in [0.15, 0.2) is 0 Å². The van der Waals surface area contributed by atoms with E-state index < -0.39 is 0 Å². The van der Waals surface area contributed by atoms with Crippen molar-refractivity contribution in [2.45, 2.75) is 32.7 Å². The highest BCUT2D eigenvalue weighted by molar-refractivity contribution is 6.35. The summed E-state index contributed by atoms with van der Waals surface area (Å²) in [5.74, 6) is 1.11. The van der Waals surface area contributed by atoms with Crippen LogP contribution in [0.3, 0.4) is 0 Å². The molecule has 4 heteroatoms. The number of unbranched alkanes of at least 4 members (excludes halogenated alkanes) is 1. The topological polar surface area (TPSA) is 43.8 Å². The van der Waals surface area contributed by atoms with Gasteiger partial charge in [-0.25, -0.2) is 4.98 Å². The Labute approximate surface area is 107 Å². The number of benzene rings is 1. The molecular weight excluding hydrogens is 234 g/mol. The van der Waals surface area contributed by atoms with Crippen molar-refractivity contribution in [2.75, 3.05) is 6.54 Å². The molecule has 0 spiro atoms. The molecule has 0 unspecified atom stereocenters. The van der Waals surface area contributed by atoms with Gasteiger partial charge in [-0.05, 0) is 38.4 Å². The Morgan fingerprint density at radius 2 is 2.18 bits per heavy atom. The van der Waals surface area contributed by atoms with Gasteiger partial charge in [0.05, 0.1) is 16.1 Å². The Bertz CT molecular complexity index is 505. The average Bonchev–Trinajstić information content (AvgIpc) is 2.68. The van der Waals surface area contributed by atoms with Crippen LogP contribution < -0.4 is 5.73 Å². The number of hydrogen-bond donors (Lipinski definition) is 1. The van der Waals surface area contributed by atoms with E-state index in [1.165, 1.54) is 0 Å². The summed E-state index contributed by atoms with van der Waals surface area (Å²) in [5, 5.41) is 0.780. The van der Waals surface area contributed by atoms with Gasteiger partial charge in [0.2, 0.25) is 0 Å². The third-order valence-corrected chi connectivity index (χ3v) is 3.27. The summed E-state index contributed by atoms with van der Waals surface area (Å²) in [5.41, 5.74) is 7.56. The van der Waals surface area contributed by atoms with Crippen molar-refractivity contribution in [2.24, 2.45) is 5.73 Å². The first-order valence-corrected chi connectivity index (χ1v) is 6.49. The SMILES string of the molecule is CCn1c(CCCCN)nc2cccc(Cl)c21. The van der Waals surface area contributed by atoms with Crippen LogP contribution in [-0.2, 0) is 13.0 Å². The summed E-state index contributed by atoms with van der Waals surface area (Å²) in [6.45, 7) is 3.77. The van der Waals surface area contributed by atoms with Crippen LogP contribution in [0.5, 0.6) is 0 Å². The van der Waals surface area contributed by atoms with Crippen molar-refractivity contribution in [3.8, 4) is 0 Å². The molecule has 0 saturated carbocycles. The fourth-order valence-electron chi connectivity index (χ4n) is 2.15. The van der Waals surface area contributed by atoms with Crippen LogP contribution >= 0.6 is 11.6 Å².